The molecule has 5 rings (SSSR count). The molecule has 40 heavy (non-hydrogen) atoms. The molecule has 7 nitrogen and oxygen atoms in total. The summed E-state index contributed by atoms with van der Waals surface area (Å²) in [6.45, 7) is 0.580. The molecule has 4 aromatic rings. The van der Waals surface area contributed by atoms with Crippen LogP contribution in [0, 0.1) is 5.82 Å². The lowest BCUT2D eigenvalue weighted by Gasteiger charge is -2.27. The van der Waals surface area contributed by atoms with E-state index < -0.39 is 11.9 Å². The molecule has 1 aliphatic rings. The van der Waals surface area contributed by atoms with Crippen molar-refractivity contribution in [3.63, 3.8) is 0 Å². The lowest BCUT2D eigenvalue weighted by atomic mass is 9.99. The molecule has 10 heteroatoms. The first kappa shape index (κ1) is 27.6. The van der Waals surface area contributed by atoms with Gasteiger partial charge in [-0.25, -0.2) is 9.37 Å². The van der Waals surface area contributed by atoms with E-state index in [9.17, 15) is 9.18 Å². The quantitative estimate of drug-likeness (QED) is 0.231. The Morgan fingerprint density at radius 1 is 0.900 bits per heavy atom. The van der Waals surface area contributed by atoms with Crippen LogP contribution in [0.1, 0.15) is 38.8 Å². The van der Waals surface area contributed by atoms with Crippen LogP contribution >= 0.6 is 23.2 Å². The van der Waals surface area contributed by atoms with Crippen molar-refractivity contribution >= 4 is 34.9 Å². The van der Waals surface area contributed by atoms with Crippen LogP contribution in [0.4, 0.5) is 10.2 Å². The molecule has 1 amide bonds. The maximum Gasteiger partial charge on any atom is 0.274 e. The maximum absolute atomic E-state index is 14.4. The topological polar surface area (TPSA) is 72.9 Å². The molecule has 0 aliphatic carbocycles. The number of carbonyl (C=O) groups is 1. The van der Waals surface area contributed by atoms with Gasteiger partial charge < -0.3 is 24.4 Å². The van der Waals surface area contributed by atoms with Crippen molar-refractivity contribution in [3.05, 3.63) is 111 Å². The van der Waals surface area contributed by atoms with Gasteiger partial charge in [-0.15, -0.1) is 0 Å². The first-order valence-electron chi connectivity index (χ1n) is 12.4. The highest BCUT2D eigenvalue weighted by Crippen LogP contribution is 2.45. The second kappa shape index (κ2) is 11.6. The predicted octanol–water partition coefficient (Wildman–Crippen LogP) is 6.91. The molecular formula is C30H26Cl2FN3O4. The van der Waals surface area contributed by atoms with Gasteiger partial charge in [0.25, 0.3) is 5.91 Å². The minimum absolute atomic E-state index is 0.176. The fraction of sp³-hybridized carbons (Fsp3) is 0.200. The molecule has 1 atom stereocenters. The summed E-state index contributed by atoms with van der Waals surface area (Å²) in [5.74, 6) is 1.60. The van der Waals surface area contributed by atoms with Gasteiger partial charge >= 0.3 is 0 Å². The minimum atomic E-state index is -0.733. The number of aromatic nitrogens is 1. The second-order valence-corrected chi connectivity index (χ2v) is 9.95. The summed E-state index contributed by atoms with van der Waals surface area (Å²) in [7, 11) is 4.75. The third-order valence-corrected chi connectivity index (χ3v) is 7.43. The van der Waals surface area contributed by atoms with Gasteiger partial charge in [-0.05, 0) is 54.1 Å². The van der Waals surface area contributed by atoms with Crippen LogP contribution < -0.4 is 19.5 Å². The van der Waals surface area contributed by atoms with Crippen molar-refractivity contribution in [2.75, 3.05) is 26.6 Å². The number of benzene rings is 3. The summed E-state index contributed by atoms with van der Waals surface area (Å²) in [4.78, 5) is 20.1. The van der Waals surface area contributed by atoms with Crippen molar-refractivity contribution in [1.82, 2.24) is 9.88 Å². The van der Waals surface area contributed by atoms with Crippen LogP contribution in [0.3, 0.4) is 0 Å². The van der Waals surface area contributed by atoms with E-state index in [0.29, 0.717) is 50.8 Å². The van der Waals surface area contributed by atoms with E-state index in [-0.39, 0.29) is 18.1 Å². The number of pyridine rings is 1. The SMILES string of the molecule is COc1ccc(CN2C(=O)c3nc(NCc4ccc(OC)cc4OC)cc(Cl)c3C2c2cc(F)ccc2Cl)cc1. The number of rotatable bonds is 9. The molecule has 0 spiro atoms. The number of methoxy groups -OCH3 is 3. The van der Waals surface area contributed by atoms with Crippen molar-refractivity contribution in [1.29, 1.82) is 0 Å². The average molecular weight is 582 g/mol. The Morgan fingerprint density at radius 2 is 1.62 bits per heavy atom. The minimum Gasteiger partial charge on any atom is -0.497 e. The van der Waals surface area contributed by atoms with Gasteiger partial charge in [0.15, 0.2) is 0 Å². The molecule has 206 valence electrons. The molecule has 0 fully saturated rings. The summed E-state index contributed by atoms with van der Waals surface area (Å²) < 4.78 is 30.4. The number of nitrogens with one attached hydrogen (secondary N) is 1. The van der Waals surface area contributed by atoms with Crippen LogP contribution in [0.2, 0.25) is 10.0 Å². The normalized spacial score (nSPS) is 14.2. The van der Waals surface area contributed by atoms with Gasteiger partial charge in [0.2, 0.25) is 0 Å². The zero-order valence-corrected chi connectivity index (χ0v) is 23.5. The third-order valence-electron chi connectivity index (χ3n) is 6.78. The molecule has 0 saturated carbocycles. The zero-order chi connectivity index (χ0) is 28.4. The molecule has 1 N–H and O–H groups in total. The summed E-state index contributed by atoms with van der Waals surface area (Å²) in [5.41, 5.74) is 2.78. The highest BCUT2D eigenvalue weighted by atomic mass is 35.5. The summed E-state index contributed by atoms with van der Waals surface area (Å²) >= 11 is 13.3. The Hall–Kier alpha value is -4.01. The highest BCUT2D eigenvalue weighted by Gasteiger charge is 2.42. The molecule has 3 aromatic carbocycles. The van der Waals surface area contributed by atoms with E-state index in [1.165, 1.54) is 18.2 Å². The number of halogens is 3. The number of hydrogen-bond acceptors (Lipinski definition) is 6. The van der Waals surface area contributed by atoms with Gasteiger partial charge in [0.05, 0.1) is 32.4 Å². The molecule has 0 bridgehead atoms. The number of carbonyl (C=O) groups excluding carboxylic acids is 1. The van der Waals surface area contributed by atoms with E-state index in [1.54, 1.807) is 38.4 Å². The molecule has 1 aliphatic heterocycles. The monoisotopic (exact) mass is 581 g/mol. The zero-order valence-electron chi connectivity index (χ0n) is 22.0. The van der Waals surface area contributed by atoms with E-state index in [4.69, 9.17) is 37.4 Å². The molecular weight excluding hydrogens is 556 g/mol. The van der Waals surface area contributed by atoms with Gasteiger partial charge in [0, 0.05) is 40.9 Å². The smallest absolute Gasteiger partial charge is 0.274 e. The molecule has 2 heterocycles. The van der Waals surface area contributed by atoms with Crippen LogP contribution in [-0.2, 0) is 13.1 Å². The second-order valence-electron chi connectivity index (χ2n) is 9.13. The predicted molar refractivity (Wildman–Crippen MR) is 152 cm³/mol. The van der Waals surface area contributed by atoms with Crippen LogP contribution in [-0.4, -0.2) is 37.1 Å². The first-order chi connectivity index (χ1) is 19.3. The van der Waals surface area contributed by atoms with E-state index in [1.807, 2.05) is 36.4 Å². The molecule has 0 saturated heterocycles. The van der Waals surface area contributed by atoms with Crippen LogP contribution in [0.15, 0.2) is 66.7 Å². The van der Waals surface area contributed by atoms with Gasteiger partial charge in [-0.2, -0.15) is 0 Å². The average Bonchev–Trinajstić information content (AvgIpc) is 3.24. The number of anilines is 1. The van der Waals surface area contributed by atoms with Crippen molar-refractivity contribution < 1.29 is 23.4 Å². The van der Waals surface area contributed by atoms with Gasteiger partial charge in [-0.3, -0.25) is 4.79 Å². The third kappa shape index (κ3) is 5.37. The van der Waals surface area contributed by atoms with E-state index >= 15 is 0 Å². The van der Waals surface area contributed by atoms with Gasteiger partial charge in [0.1, 0.15) is 34.6 Å². The van der Waals surface area contributed by atoms with E-state index in [0.717, 1.165) is 11.1 Å². The summed E-state index contributed by atoms with van der Waals surface area (Å²) in [6, 6.07) is 17.8. The fourth-order valence-corrected chi connectivity index (χ4v) is 5.29. The Labute approximate surface area is 241 Å². The van der Waals surface area contributed by atoms with Crippen molar-refractivity contribution in [3.8, 4) is 17.2 Å². The summed E-state index contributed by atoms with van der Waals surface area (Å²) in [6.07, 6.45) is 0. The number of nitrogens with zero attached hydrogens (tertiary/aromatic N) is 2. The number of fused-ring (bicyclic) bond motifs is 1. The van der Waals surface area contributed by atoms with Crippen molar-refractivity contribution in [2.24, 2.45) is 0 Å². The number of amides is 1. The lowest BCUT2D eigenvalue weighted by Crippen LogP contribution is -2.28. The van der Waals surface area contributed by atoms with Crippen molar-refractivity contribution in [2.45, 2.75) is 19.1 Å². The largest absolute Gasteiger partial charge is 0.497 e. The number of ether oxygens (including phenoxy) is 3. The van der Waals surface area contributed by atoms with Gasteiger partial charge in [-0.1, -0.05) is 35.3 Å². The molecule has 0 radical (unpaired) electrons. The molecule has 1 aromatic heterocycles. The van der Waals surface area contributed by atoms with E-state index in [2.05, 4.69) is 10.3 Å². The Bertz CT molecular complexity index is 1570. The fourth-order valence-electron chi connectivity index (χ4n) is 4.77. The maximum atomic E-state index is 14.4. The Balaban J connectivity index is 1.51. The number of hydrogen-bond donors (Lipinski definition) is 1. The standard InChI is InChI=1S/C30H26Cl2FN3O4/c1-38-20-8-4-17(5-9-20)16-36-29(22-12-19(33)7-11-23(22)31)27-24(32)14-26(35-28(27)30(36)37)34-15-18-6-10-21(39-2)13-25(18)40-3/h4-14,29H,15-16H2,1-3H3,(H,34,35). The first-order valence-corrected chi connectivity index (χ1v) is 13.1. The Morgan fingerprint density at radius 3 is 2.33 bits per heavy atom. The molecule has 1 unspecified atom stereocenters. The van der Waals surface area contributed by atoms with Crippen LogP contribution in [0.25, 0.3) is 0 Å². The Kier molecular flexibility index (Phi) is 8.00. The lowest BCUT2D eigenvalue weighted by molar-refractivity contribution is 0.0732. The highest BCUT2D eigenvalue weighted by molar-refractivity contribution is 6.33. The van der Waals surface area contributed by atoms with Crippen LogP contribution in [0.5, 0.6) is 17.2 Å². The summed E-state index contributed by atoms with van der Waals surface area (Å²) in [5, 5.41) is 3.86.